The molecule has 0 aliphatic heterocycles. The number of nitrogens with one attached hydrogen (secondary N) is 1. The van der Waals surface area contributed by atoms with Crippen LogP contribution in [0.25, 0.3) is 22.4 Å². The first-order valence-electron chi connectivity index (χ1n) is 7.50. The lowest BCUT2D eigenvalue weighted by Gasteiger charge is -2.04. The highest BCUT2D eigenvalue weighted by molar-refractivity contribution is 9.11. The van der Waals surface area contributed by atoms with E-state index in [-0.39, 0.29) is 5.56 Å². The number of benzene rings is 2. The largest absolute Gasteiger partial charge is 0.411 e. The molecule has 0 fully saturated rings. The van der Waals surface area contributed by atoms with Crippen LogP contribution in [0, 0.1) is 0 Å². The summed E-state index contributed by atoms with van der Waals surface area (Å²) in [6.07, 6.45) is 0. The number of fused-ring (bicyclic) bond motifs is 1. The number of hydrogen-bond donors (Lipinski definition) is 1. The van der Waals surface area contributed by atoms with Crippen LogP contribution in [0.1, 0.15) is 5.82 Å². The van der Waals surface area contributed by atoms with Gasteiger partial charge >= 0.3 is 0 Å². The molecule has 4 aromatic rings. The van der Waals surface area contributed by atoms with Crippen LogP contribution in [0.4, 0.5) is 0 Å². The molecular weight excluding hydrogens is 484 g/mol. The summed E-state index contributed by atoms with van der Waals surface area (Å²) < 4.78 is 7.22. The van der Waals surface area contributed by atoms with Crippen LogP contribution in [-0.4, -0.2) is 20.2 Å². The number of aromatic amines is 1. The number of nitrogens with zero attached hydrogens (tertiary/aromatic N) is 3. The fraction of sp³-hybridized carbons (Fsp3) is 0.0588. The maximum absolute atomic E-state index is 12.3. The molecule has 2 aromatic heterocycles. The second-order valence-electron chi connectivity index (χ2n) is 5.32. The van der Waals surface area contributed by atoms with E-state index in [9.17, 15) is 4.79 Å². The minimum atomic E-state index is -0.192. The summed E-state index contributed by atoms with van der Waals surface area (Å²) in [5.74, 6) is 1.40. The van der Waals surface area contributed by atoms with Crippen LogP contribution in [0.2, 0.25) is 0 Å². The van der Waals surface area contributed by atoms with Crippen molar-refractivity contribution in [3.05, 3.63) is 67.6 Å². The van der Waals surface area contributed by atoms with Gasteiger partial charge in [-0.25, -0.2) is 4.98 Å². The van der Waals surface area contributed by atoms with Crippen LogP contribution in [0.15, 0.2) is 65.8 Å². The second kappa shape index (κ2) is 7.34. The Morgan fingerprint density at radius 3 is 2.73 bits per heavy atom. The highest BCUT2D eigenvalue weighted by Crippen LogP contribution is 2.27. The van der Waals surface area contributed by atoms with Gasteiger partial charge in [-0.3, -0.25) is 4.79 Å². The zero-order valence-electron chi connectivity index (χ0n) is 13.1. The molecule has 9 heteroatoms. The summed E-state index contributed by atoms with van der Waals surface area (Å²) in [4.78, 5) is 19.6. The van der Waals surface area contributed by atoms with E-state index in [4.69, 9.17) is 4.42 Å². The monoisotopic (exact) mass is 492 g/mol. The summed E-state index contributed by atoms with van der Waals surface area (Å²) in [6, 6.07) is 13.1. The van der Waals surface area contributed by atoms with E-state index in [0.29, 0.717) is 33.6 Å². The van der Waals surface area contributed by atoms with Crippen molar-refractivity contribution in [2.75, 3.05) is 0 Å². The minimum absolute atomic E-state index is 0.192. The molecule has 0 saturated heterocycles. The standard InChI is InChI=1S/C17H10Br2N4O2S/c18-10-6-11-14(12(19)7-10)20-13(21-15(11)24)8-26-17-23-22-16(25-17)9-4-2-1-3-5-9/h1-7H,8H2,(H,20,21,24). The highest BCUT2D eigenvalue weighted by Gasteiger charge is 2.12. The lowest BCUT2D eigenvalue weighted by Crippen LogP contribution is -2.11. The first-order valence-corrected chi connectivity index (χ1v) is 10.1. The second-order valence-corrected chi connectivity index (χ2v) is 8.02. The lowest BCUT2D eigenvalue weighted by molar-refractivity contribution is 0.465. The van der Waals surface area contributed by atoms with Crippen LogP contribution < -0.4 is 5.56 Å². The Morgan fingerprint density at radius 1 is 1.12 bits per heavy atom. The molecule has 0 radical (unpaired) electrons. The van der Waals surface area contributed by atoms with Gasteiger partial charge in [0.1, 0.15) is 5.82 Å². The van der Waals surface area contributed by atoms with Crippen molar-refractivity contribution in [2.45, 2.75) is 11.0 Å². The Morgan fingerprint density at radius 2 is 1.92 bits per heavy atom. The topological polar surface area (TPSA) is 84.7 Å². The fourth-order valence-electron chi connectivity index (χ4n) is 2.38. The van der Waals surface area contributed by atoms with Gasteiger partial charge < -0.3 is 9.40 Å². The molecule has 26 heavy (non-hydrogen) atoms. The Bertz CT molecular complexity index is 1140. The van der Waals surface area contributed by atoms with Gasteiger partial charge in [0.25, 0.3) is 10.8 Å². The van der Waals surface area contributed by atoms with Crippen molar-refractivity contribution in [3.8, 4) is 11.5 Å². The van der Waals surface area contributed by atoms with Gasteiger partial charge in [0.05, 0.1) is 16.7 Å². The van der Waals surface area contributed by atoms with Crippen LogP contribution in [0.5, 0.6) is 0 Å². The molecule has 0 spiro atoms. The van der Waals surface area contributed by atoms with Crippen LogP contribution in [0.3, 0.4) is 0 Å². The maximum atomic E-state index is 12.3. The van der Waals surface area contributed by atoms with Crippen molar-refractivity contribution < 1.29 is 4.42 Å². The predicted octanol–water partition coefficient (Wildman–Crippen LogP) is 4.79. The molecule has 0 unspecified atom stereocenters. The molecule has 0 aliphatic rings. The third-order valence-corrected chi connectivity index (χ3v) is 5.43. The van der Waals surface area contributed by atoms with Gasteiger partial charge in [0, 0.05) is 14.5 Å². The third kappa shape index (κ3) is 3.60. The molecule has 2 aromatic carbocycles. The van der Waals surface area contributed by atoms with Crippen LogP contribution >= 0.6 is 43.6 Å². The summed E-state index contributed by atoms with van der Waals surface area (Å²) in [6.45, 7) is 0. The van der Waals surface area contributed by atoms with Gasteiger partial charge in [0.2, 0.25) is 5.89 Å². The number of H-pyrrole nitrogens is 1. The lowest BCUT2D eigenvalue weighted by atomic mass is 10.2. The van der Waals surface area contributed by atoms with Crippen molar-refractivity contribution in [3.63, 3.8) is 0 Å². The van der Waals surface area contributed by atoms with E-state index < -0.39 is 0 Å². The fourth-order valence-corrected chi connectivity index (χ4v) is 4.33. The van der Waals surface area contributed by atoms with Crippen molar-refractivity contribution >= 4 is 54.5 Å². The van der Waals surface area contributed by atoms with E-state index in [2.05, 4.69) is 52.0 Å². The highest BCUT2D eigenvalue weighted by atomic mass is 79.9. The number of aromatic nitrogens is 4. The molecule has 1 N–H and O–H groups in total. The molecule has 6 nitrogen and oxygen atoms in total. The van der Waals surface area contributed by atoms with Crippen molar-refractivity contribution in [2.24, 2.45) is 0 Å². The maximum Gasteiger partial charge on any atom is 0.277 e. The SMILES string of the molecule is O=c1[nH]c(CSc2nnc(-c3ccccc3)o2)nc2c(Br)cc(Br)cc12. The molecule has 2 heterocycles. The molecule has 0 amide bonds. The van der Waals surface area contributed by atoms with Crippen molar-refractivity contribution in [1.29, 1.82) is 0 Å². The van der Waals surface area contributed by atoms with Crippen LogP contribution in [-0.2, 0) is 5.75 Å². The van der Waals surface area contributed by atoms with Crippen molar-refractivity contribution in [1.82, 2.24) is 20.2 Å². The van der Waals surface area contributed by atoms with Gasteiger partial charge in [-0.2, -0.15) is 0 Å². The van der Waals surface area contributed by atoms with Gasteiger partial charge in [-0.15, -0.1) is 10.2 Å². The van der Waals surface area contributed by atoms with Gasteiger partial charge in [-0.1, -0.05) is 45.9 Å². The van der Waals surface area contributed by atoms with E-state index in [0.717, 1.165) is 14.5 Å². The normalized spacial score (nSPS) is 11.2. The predicted molar refractivity (Wildman–Crippen MR) is 107 cm³/mol. The Balaban J connectivity index is 1.57. The van der Waals surface area contributed by atoms with Gasteiger partial charge in [0.15, 0.2) is 0 Å². The number of halogens is 2. The Hall–Kier alpha value is -1.97. The van der Waals surface area contributed by atoms with E-state index >= 15 is 0 Å². The van der Waals surface area contributed by atoms with Gasteiger partial charge in [-0.05, 0) is 40.2 Å². The summed E-state index contributed by atoms with van der Waals surface area (Å²) in [5, 5.41) is 9.02. The zero-order valence-corrected chi connectivity index (χ0v) is 17.1. The number of thioether (sulfide) groups is 1. The third-order valence-electron chi connectivity index (χ3n) is 3.54. The Kier molecular flexibility index (Phi) is 4.92. The molecule has 130 valence electrons. The molecule has 0 bridgehead atoms. The Labute approximate surface area is 168 Å². The quantitative estimate of drug-likeness (QED) is 0.411. The average molecular weight is 494 g/mol. The minimum Gasteiger partial charge on any atom is -0.411 e. The first kappa shape index (κ1) is 17.4. The average Bonchev–Trinajstić information content (AvgIpc) is 3.11. The first-order chi connectivity index (χ1) is 12.6. The molecule has 0 saturated carbocycles. The zero-order chi connectivity index (χ0) is 18.1. The number of hydrogen-bond acceptors (Lipinski definition) is 6. The van der Waals surface area contributed by atoms with E-state index in [1.165, 1.54) is 11.8 Å². The molecule has 0 atom stereocenters. The molecule has 4 rings (SSSR count). The summed E-state index contributed by atoms with van der Waals surface area (Å²) >= 11 is 8.14. The smallest absolute Gasteiger partial charge is 0.277 e. The summed E-state index contributed by atoms with van der Waals surface area (Å²) in [7, 11) is 0. The molecule has 0 aliphatic carbocycles. The van der Waals surface area contributed by atoms with E-state index in [1.807, 2.05) is 36.4 Å². The number of rotatable bonds is 4. The summed E-state index contributed by atoms with van der Waals surface area (Å²) in [5.41, 5.74) is 1.28. The van der Waals surface area contributed by atoms with E-state index in [1.54, 1.807) is 6.07 Å². The molecular formula is C17H10Br2N4O2S.